The highest BCUT2D eigenvalue weighted by molar-refractivity contribution is 9.10. The van der Waals surface area contributed by atoms with Crippen LogP contribution in [0.5, 0.6) is 0 Å². The van der Waals surface area contributed by atoms with Gasteiger partial charge in [-0.2, -0.15) is 0 Å². The number of carbonyl (C=O) groups excluding carboxylic acids is 3. The fourth-order valence-corrected chi connectivity index (χ4v) is 2.91. The molecule has 0 aromatic heterocycles. The molecule has 166 valence electrons. The Kier molecular flexibility index (Phi) is 9.05. The highest BCUT2D eigenvalue weighted by atomic mass is 79.9. The molecule has 0 radical (unpaired) electrons. The zero-order chi connectivity index (χ0) is 22.9. The van der Waals surface area contributed by atoms with E-state index in [9.17, 15) is 14.4 Å². The average molecular weight is 490 g/mol. The Morgan fingerprint density at radius 1 is 0.935 bits per heavy atom. The lowest BCUT2D eigenvalue weighted by molar-refractivity contribution is -0.120. The zero-order valence-corrected chi connectivity index (χ0v) is 19.5. The molecule has 0 spiro atoms. The van der Waals surface area contributed by atoms with Gasteiger partial charge in [-0.1, -0.05) is 46.3 Å². The second-order valence-corrected chi connectivity index (χ2v) is 8.88. The smallest absolute Gasteiger partial charge is 0.407 e. The van der Waals surface area contributed by atoms with E-state index in [0.29, 0.717) is 12.2 Å². The van der Waals surface area contributed by atoms with Gasteiger partial charge in [0.1, 0.15) is 5.60 Å². The van der Waals surface area contributed by atoms with E-state index < -0.39 is 11.7 Å². The molecule has 31 heavy (non-hydrogen) atoms. The Morgan fingerprint density at radius 3 is 2.29 bits per heavy atom. The molecule has 0 heterocycles. The van der Waals surface area contributed by atoms with Crippen molar-refractivity contribution in [2.24, 2.45) is 0 Å². The number of alkyl carbamates (subject to hydrolysis) is 1. The highest BCUT2D eigenvalue weighted by Crippen LogP contribution is 2.16. The van der Waals surface area contributed by atoms with E-state index >= 15 is 0 Å². The molecule has 0 aliphatic carbocycles. The van der Waals surface area contributed by atoms with Gasteiger partial charge in [0.2, 0.25) is 11.8 Å². The molecule has 2 aromatic rings. The SMILES string of the molecule is CC(C)(C)OC(=O)NCCC(=O)Nc1ccccc1CNC(=O)Cc1ccc(Br)cc1. The van der Waals surface area contributed by atoms with Crippen molar-refractivity contribution in [3.63, 3.8) is 0 Å². The molecule has 3 N–H and O–H groups in total. The van der Waals surface area contributed by atoms with Crippen LogP contribution < -0.4 is 16.0 Å². The van der Waals surface area contributed by atoms with E-state index in [1.807, 2.05) is 42.5 Å². The standard InChI is InChI=1S/C23H28BrN3O4/c1-23(2,3)31-22(30)25-13-12-20(28)27-19-7-5-4-6-17(19)15-26-21(29)14-16-8-10-18(24)11-9-16/h4-11H,12-15H2,1-3H3,(H,25,30)(H,26,29)(H,27,28). The molecule has 0 bridgehead atoms. The van der Waals surface area contributed by atoms with Crippen molar-refractivity contribution in [1.29, 1.82) is 0 Å². The molecule has 3 amide bonds. The summed E-state index contributed by atoms with van der Waals surface area (Å²) in [5.74, 6) is -0.352. The Morgan fingerprint density at radius 2 is 1.61 bits per heavy atom. The number of hydrogen-bond acceptors (Lipinski definition) is 4. The van der Waals surface area contributed by atoms with E-state index in [0.717, 1.165) is 15.6 Å². The van der Waals surface area contributed by atoms with Crippen LogP contribution in [0.25, 0.3) is 0 Å². The first kappa shape index (κ1) is 24.4. The minimum Gasteiger partial charge on any atom is -0.444 e. The number of carbonyl (C=O) groups is 3. The van der Waals surface area contributed by atoms with Crippen LogP contribution in [-0.4, -0.2) is 30.1 Å². The van der Waals surface area contributed by atoms with Crippen molar-refractivity contribution in [2.45, 2.75) is 45.8 Å². The van der Waals surface area contributed by atoms with Crippen molar-refractivity contribution < 1.29 is 19.1 Å². The lowest BCUT2D eigenvalue weighted by atomic mass is 10.1. The fraction of sp³-hybridized carbons (Fsp3) is 0.348. The second-order valence-electron chi connectivity index (χ2n) is 7.96. The number of anilines is 1. The molecule has 0 atom stereocenters. The lowest BCUT2D eigenvalue weighted by Gasteiger charge is -2.19. The summed E-state index contributed by atoms with van der Waals surface area (Å²) in [6, 6.07) is 14.8. The van der Waals surface area contributed by atoms with Gasteiger partial charge in [-0.25, -0.2) is 4.79 Å². The van der Waals surface area contributed by atoms with Crippen molar-refractivity contribution >= 4 is 39.5 Å². The van der Waals surface area contributed by atoms with Gasteiger partial charge in [0.25, 0.3) is 0 Å². The van der Waals surface area contributed by atoms with E-state index in [-0.39, 0.29) is 31.2 Å². The van der Waals surface area contributed by atoms with Crippen LogP contribution in [-0.2, 0) is 27.3 Å². The van der Waals surface area contributed by atoms with Gasteiger partial charge < -0.3 is 20.7 Å². The summed E-state index contributed by atoms with van der Waals surface area (Å²) in [4.78, 5) is 36.1. The second kappa shape index (κ2) is 11.5. The van der Waals surface area contributed by atoms with Crippen molar-refractivity contribution in [3.05, 3.63) is 64.1 Å². The number of amides is 3. The third kappa shape index (κ3) is 9.65. The van der Waals surface area contributed by atoms with Gasteiger partial charge >= 0.3 is 6.09 Å². The van der Waals surface area contributed by atoms with Crippen LogP contribution in [0.15, 0.2) is 53.0 Å². The molecule has 0 saturated carbocycles. The van der Waals surface area contributed by atoms with Crippen molar-refractivity contribution in [1.82, 2.24) is 10.6 Å². The summed E-state index contributed by atoms with van der Waals surface area (Å²) in [6.45, 7) is 5.77. The van der Waals surface area contributed by atoms with Crippen molar-refractivity contribution in [2.75, 3.05) is 11.9 Å². The first-order valence-electron chi connectivity index (χ1n) is 9.98. The van der Waals surface area contributed by atoms with Crippen molar-refractivity contribution in [3.8, 4) is 0 Å². The number of benzene rings is 2. The monoisotopic (exact) mass is 489 g/mol. The molecular weight excluding hydrogens is 462 g/mol. The minimum atomic E-state index is -0.590. The van der Waals surface area contributed by atoms with Crippen LogP contribution in [0.1, 0.15) is 38.3 Å². The summed E-state index contributed by atoms with van der Waals surface area (Å²) in [5, 5.41) is 8.26. The Hall–Kier alpha value is -2.87. The summed E-state index contributed by atoms with van der Waals surface area (Å²) in [5.41, 5.74) is 1.74. The third-order valence-corrected chi connectivity index (χ3v) is 4.59. The Balaban J connectivity index is 1.81. The average Bonchev–Trinajstić information content (AvgIpc) is 2.67. The van der Waals surface area contributed by atoms with E-state index in [2.05, 4.69) is 31.9 Å². The van der Waals surface area contributed by atoms with Gasteiger partial charge in [-0.3, -0.25) is 9.59 Å². The number of para-hydroxylation sites is 1. The quantitative estimate of drug-likeness (QED) is 0.518. The van der Waals surface area contributed by atoms with E-state index in [4.69, 9.17) is 4.74 Å². The molecule has 8 heteroatoms. The molecule has 0 saturated heterocycles. The number of hydrogen-bond donors (Lipinski definition) is 3. The maximum atomic E-state index is 12.2. The van der Waals surface area contributed by atoms with Gasteiger partial charge in [-0.15, -0.1) is 0 Å². The molecule has 7 nitrogen and oxygen atoms in total. The first-order valence-corrected chi connectivity index (χ1v) is 10.8. The maximum absolute atomic E-state index is 12.2. The normalized spacial score (nSPS) is 10.8. The molecule has 0 aliphatic heterocycles. The third-order valence-electron chi connectivity index (χ3n) is 4.07. The van der Waals surface area contributed by atoms with Gasteiger partial charge in [-0.05, 0) is 50.1 Å². The predicted molar refractivity (Wildman–Crippen MR) is 124 cm³/mol. The Labute approximate surface area is 191 Å². The Bertz CT molecular complexity index is 908. The number of halogens is 1. The largest absolute Gasteiger partial charge is 0.444 e. The van der Waals surface area contributed by atoms with Crippen LogP contribution in [0.3, 0.4) is 0 Å². The molecule has 2 rings (SSSR count). The molecule has 0 fully saturated rings. The lowest BCUT2D eigenvalue weighted by Crippen LogP contribution is -2.34. The van der Waals surface area contributed by atoms with E-state index in [1.165, 1.54) is 0 Å². The fourth-order valence-electron chi connectivity index (χ4n) is 2.65. The summed E-state index contributed by atoms with van der Waals surface area (Å²) in [6.07, 6.45) is -0.184. The molecule has 2 aromatic carbocycles. The highest BCUT2D eigenvalue weighted by Gasteiger charge is 2.16. The van der Waals surface area contributed by atoms with Gasteiger partial charge in [0.15, 0.2) is 0 Å². The maximum Gasteiger partial charge on any atom is 0.407 e. The summed E-state index contributed by atoms with van der Waals surface area (Å²) < 4.78 is 6.10. The van der Waals surface area contributed by atoms with Crippen LogP contribution >= 0.6 is 15.9 Å². The summed E-state index contributed by atoms with van der Waals surface area (Å²) >= 11 is 3.37. The number of nitrogens with one attached hydrogen (secondary N) is 3. The van der Waals surface area contributed by atoms with E-state index in [1.54, 1.807) is 26.8 Å². The van der Waals surface area contributed by atoms with Gasteiger partial charge in [0, 0.05) is 29.7 Å². The molecular formula is C23H28BrN3O4. The zero-order valence-electron chi connectivity index (χ0n) is 18.0. The summed E-state index contributed by atoms with van der Waals surface area (Å²) in [7, 11) is 0. The van der Waals surface area contributed by atoms with Gasteiger partial charge in [0.05, 0.1) is 6.42 Å². The van der Waals surface area contributed by atoms with Crippen LogP contribution in [0.2, 0.25) is 0 Å². The van der Waals surface area contributed by atoms with Crippen LogP contribution in [0.4, 0.5) is 10.5 Å². The number of ether oxygens (including phenoxy) is 1. The minimum absolute atomic E-state index is 0.101. The molecule has 0 aliphatic rings. The predicted octanol–water partition coefficient (Wildman–Crippen LogP) is 4.16. The molecule has 0 unspecified atom stereocenters. The first-order chi connectivity index (χ1) is 14.6. The topological polar surface area (TPSA) is 96.5 Å². The number of rotatable bonds is 8. The van der Waals surface area contributed by atoms with Crippen LogP contribution in [0, 0.1) is 0 Å².